The number of hydrogen-bond donors (Lipinski definition) is 3. The zero-order chi connectivity index (χ0) is 17.3. The van der Waals surface area contributed by atoms with Crippen LogP contribution in [0.1, 0.15) is 15.9 Å². The van der Waals surface area contributed by atoms with Gasteiger partial charge in [-0.25, -0.2) is 0 Å². The molecule has 0 atom stereocenters. The van der Waals surface area contributed by atoms with E-state index in [-0.39, 0.29) is 16.2 Å². The van der Waals surface area contributed by atoms with Crippen molar-refractivity contribution in [3.63, 3.8) is 0 Å². The van der Waals surface area contributed by atoms with E-state index in [0.717, 1.165) is 5.56 Å². The summed E-state index contributed by atoms with van der Waals surface area (Å²) in [5.41, 5.74) is 2.21. The Labute approximate surface area is 142 Å². The van der Waals surface area contributed by atoms with Crippen molar-refractivity contribution >= 4 is 34.7 Å². The fourth-order valence-electron chi connectivity index (χ4n) is 2.42. The first kappa shape index (κ1) is 15.9. The highest BCUT2D eigenvalue weighted by Crippen LogP contribution is 2.26. The number of aryl methyl sites for hydroxylation is 1. The molecule has 7 heteroatoms. The van der Waals surface area contributed by atoms with Crippen molar-refractivity contribution in [2.75, 3.05) is 12.4 Å². The van der Waals surface area contributed by atoms with Gasteiger partial charge in [-0.1, -0.05) is 6.07 Å². The molecule has 3 N–H and O–H groups in total. The standard InChI is InChI=1S/C17H15N3O3S/c1-9-3-6-14(23-2)13(7-9)18-15(21)10-4-5-11-12(8-10)19-17(24)20-16(11)22/h3-8H,1-2H3,(H,18,21)(H2,19,20,22,24). The van der Waals surface area contributed by atoms with Gasteiger partial charge >= 0.3 is 0 Å². The van der Waals surface area contributed by atoms with Gasteiger partial charge in [0.05, 0.1) is 23.7 Å². The van der Waals surface area contributed by atoms with Crippen LogP contribution in [0.4, 0.5) is 5.69 Å². The summed E-state index contributed by atoms with van der Waals surface area (Å²) in [5, 5.41) is 3.26. The third-order valence-corrected chi connectivity index (χ3v) is 3.81. The molecule has 1 heterocycles. The van der Waals surface area contributed by atoms with Gasteiger partial charge in [-0.2, -0.15) is 0 Å². The number of H-pyrrole nitrogens is 2. The van der Waals surface area contributed by atoms with Crippen molar-refractivity contribution in [3.05, 3.63) is 62.6 Å². The Morgan fingerprint density at radius 3 is 2.71 bits per heavy atom. The summed E-state index contributed by atoms with van der Waals surface area (Å²) in [6.45, 7) is 1.93. The summed E-state index contributed by atoms with van der Waals surface area (Å²) in [6.07, 6.45) is 0. The maximum absolute atomic E-state index is 12.5. The number of anilines is 1. The number of rotatable bonds is 3. The number of carbonyl (C=O) groups excluding carboxylic acids is 1. The highest BCUT2D eigenvalue weighted by Gasteiger charge is 2.11. The third-order valence-electron chi connectivity index (χ3n) is 3.60. The summed E-state index contributed by atoms with van der Waals surface area (Å²) in [6, 6.07) is 10.3. The van der Waals surface area contributed by atoms with Crippen LogP contribution in [-0.2, 0) is 0 Å². The summed E-state index contributed by atoms with van der Waals surface area (Å²) in [4.78, 5) is 29.7. The van der Waals surface area contributed by atoms with Crippen LogP contribution in [0, 0.1) is 11.7 Å². The lowest BCUT2D eigenvalue weighted by atomic mass is 10.1. The highest BCUT2D eigenvalue weighted by molar-refractivity contribution is 7.71. The van der Waals surface area contributed by atoms with E-state index < -0.39 is 0 Å². The van der Waals surface area contributed by atoms with E-state index >= 15 is 0 Å². The molecule has 24 heavy (non-hydrogen) atoms. The monoisotopic (exact) mass is 341 g/mol. The van der Waals surface area contributed by atoms with E-state index in [1.165, 1.54) is 0 Å². The molecule has 6 nitrogen and oxygen atoms in total. The number of ether oxygens (including phenoxy) is 1. The molecule has 0 saturated heterocycles. The zero-order valence-corrected chi connectivity index (χ0v) is 13.9. The lowest BCUT2D eigenvalue weighted by Gasteiger charge is -2.11. The minimum absolute atomic E-state index is 0.213. The van der Waals surface area contributed by atoms with Crippen molar-refractivity contribution in [1.82, 2.24) is 9.97 Å². The Hall–Kier alpha value is -2.93. The van der Waals surface area contributed by atoms with Crippen LogP contribution < -0.4 is 15.6 Å². The van der Waals surface area contributed by atoms with Gasteiger partial charge in [-0.15, -0.1) is 0 Å². The molecule has 0 aliphatic carbocycles. The molecule has 0 bridgehead atoms. The second-order valence-electron chi connectivity index (χ2n) is 5.33. The number of methoxy groups -OCH3 is 1. The number of benzene rings is 2. The fourth-order valence-corrected chi connectivity index (χ4v) is 2.63. The summed E-state index contributed by atoms with van der Waals surface area (Å²) in [7, 11) is 1.54. The van der Waals surface area contributed by atoms with Crippen molar-refractivity contribution in [1.29, 1.82) is 0 Å². The van der Waals surface area contributed by atoms with Crippen LogP contribution in [0.15, 0.2) is 41.2 Å². The maximum Gasteiger partial charge on any atom is 0.259 e. The summed E-state index contributed by atoms with van der Waals surface area (Å²) in [5.74, 6) is 0.269. The van der Waals surface area contributed by atoms with Crippen molar-refractivity contribution in [2.45, 2.75) is 6.92 Å². The number of carbonyl (C=O) groups is 1. The quantitative estimate of drug-likeness (QED) is 0.639. The van der Waals surface area contributed by atoms with Gasteiger partial charge in [0.25, 0.3) is 11.5 Å². The average molecular weight is 341 g/mol. The molecule has 3 aromatic rings. The van der Waals surface area contributed by atoms with E-state index in [2.05, 4.69) is 15.3 Å². The van der Waals surface area contributed by atoms with Crippen molar-refractivity contribution < 1.29 is 9.53 Å². The van der Waals surface area contributed by atoms with Crippen molar-refractivity contribution in [3.8, 4) is 5.75 Å². The van der Waals surface area contributed by atoms with Gasteiger partial charge in [0.15, 0.2) is 4.77 Å². The van der Waals surface area contributed by atoms with E-state index in [0.29, 0.717) is 27.9 Å². The number of aromatic nitrogens is 2. The first-order chi connectivity index (χ1) is 11.5. The van der Waals surface area contributed by atoms with E-state index in [1.54, 1.807) is 31.4 Å². The van der Waals surface area contributed by atoms with Gasteiger partial charge in [-0.3, -0.25) is 14.6 Å². The van der Waals surface area contributed by atoms with Crippen LogP contribution >= 0.6 is 12.2 Å². The van der Waals surface area contributed by atoms with Crippen LogP contribution in [0.5, 0.6) is 5.75 Å². The first-order valence-corrected chi connectivity index (χ1v) is 7.61. The molecular weight excluding hydrogens is 326 g/mol. The average Bonchev–Trinajstić information content (AvgIpc) is 2.54. The topological polar surface area (TPSA) is 87.0 Å². The molecule has 2 aromatic carbocycles. The second kappa shape index (κ2) is 6.29. The van der Waals surface area contributed by atoms with Crippen molar-refractivity contribution in [2.24, 2.45) is 0 Å². The van der Waals surface area contributed by atoms with Crippen LogP contribution in [0.25, 0.3) is 10.9 Å². The minimum Gasteiger partial charge on any atom is -0.495 e. The lowest BCUT2D eigenvalue weighted by Crippen LogP contribution is -2.14. The van der Waals surface area contributed by atoms with Gasteiger partial charge in [0, 0.05) is 5.56 Å². The van der Waals surface area contributed by atoms with Gasteiger partial charge in [-0.05, 0) is 55.0 Å². The Bertz CT molecular complexity index is 1050. The molecule has 3 rings (SSSR count). The lowest BCUT2D eigenvalue weighted by molar-refractivity contribution is 0.102. The Balaban J connectivity index is 1.99. The van der Waals surface area contributed by atoms with Crippen LogP contribution in [-0.4, -0.2) is 23.0 Å². The van der Waals surface area contributed by atoms with E-state index in [1.807, 2.05) is 19.1 Å². The van der Waals surface area contributed by atoms with Gasteiger partial charge in [0.1, 0.15) is 5.75 Å². The number of aromatic amines is 2. The van der Waals surface area contributed by atoms with Gasteiger partial charge in [0.2, 0.25) is 0 Å². The first-order valence-electron chi connectivity index (χ1n) is 7.20. The molecule has 0 aliphatic heterocycles. The number of fused-ring (bicyclic) bond motifs is 1. The number of amides is 1. The Morgan fingerprint density at radius 1 is 1.17 bits per heavy atom. The molecule has 0 radical (unpaired) electrons. The van der Waals surface area contributed by atoms with Crippen LogP contribution in [0.2, 0.25) is 0 Å². The molecule has 1 aromatic heterocycles. The molecule has 0 fully saturated rings. The van der Waals surface area contributed by atoms with Crippen LogP contribution in [0.3, 0.4) is 0 Å². The Morgan fingerprint density at radius 2 is 1.96 bits per heavy atom. The summed E-state index contributed by atoms with van der Waals surface area (Å²) < 4.78 is 5.47. The van der Waals surface area contributed by atoms with E-state index in [4.69, 9.17) is 17.0 Å². The largest absolute Gasteiger partial charge is 0.495 e. The molecular formula is C17H15N3O3S. The van der Waals surface area contributed by atoms with E-state index in [9.17, 15) is 9.59 Å². The number of hydrogen-bond acceptors (Lipinski definition) is 4. The molecule has 0 spiro atoms. The summed E-state index contributed by atoms with van der Waals surface area (Å²) >= 11 is 4.96. The predicted octanol–water partition coefficient (Wildman–Crippen LogP) is 3.16. The predicted molar refractivity (Wildman–Crippen MR) is 95.4 cm³/mol. The molecule has 1 amide bonds. The molecule has 122 valence electrons. The normalized spacial score (nSPS) is 10.6. The fraction of sp³-hybridized carbons (Fsp3) is 0.118. The molecule has 0 unspecified atom stereocenters. The SMILES string of the molecule is COc1ccc(C)cc1NC(=O)c1ccc2c(=O)[nH]c(=S)[nH]c2c1. The third kappa shape index (κ3) is 3.07. The second-order valence-corrected chi connectivity index (χ2v) is 5.73. The smallest absolute Gasteiger partial charge is 0.259 e. The Kier molecular flexibility index (Phi) is 4.18. The highest BCUT2D eigenvalue weighted by atomic mass is 32.1. The van der Waals surface area contributed by atoms with Gasteiger partial charge < -0.3 is 15.0 Å². The zero-order valence-electron chi connectivity index (χ0n) is 13.1. The number of nitrogens with one attached hydrogen (secondary N) is 3. The maximum atomic E-state index is 12.5. The molecule has 0 saturated carbocycles. The minimum atomic E-state index is -0.305. The molecule has 0 aliphatic rings.